The molecule has 0 saturated carbocycles. The summed E-state index contributed by atoms with van der Waals surface area (Å²) in [5.41, 5.74) is 1.49. The zero-order valence-electron chi connectivity index (χ0n) is 17.4. The Kier molecular flexibility index (Phi) is 6.05. The number of para-hydroxylation sites is 1. The zero-order chi connectivity index (χ0) is 23.4. The lowest BCUT2D eigenvalue weighted by atomic mass is 10.2. The lowest BCUT2D eigenvalue weighted by Gasteiger charge is -2.09. The molecule has 11 heteroatoms. The molecule has 2 aromatic heterocycles. The van der Waals surface area contributed by atoms with Crippen molar-refractivity contribution < 1.29 is 22.7 Å². The number of amides is 1. The Hall–Kier alpha value is -4.25. The molecule has 168 valence electrons. The Morgan fingerprint density at radius 3 is 2.39 bits per heavy atom. The predicted molar refractivity (Wildman–Crippen MR) is 121 cm³/mol. The maximum Gasteiger partial charge on any atom is 0.340 e. The molecule has 2 heterocycles. The highest BCUT2D eigenvalue weighted by Gasteiger charge is 2.18. The van der Waals surface area contributed by atoms with Crippen LogP contribution in [0.3, 0.4) is 0 Å². The van der Waals surface area contributed by atoms with Crippen LogP contribution in [-0.2, 0) is 26.1 Å². The van der Waals surface area contributed by atoms with Gasteiger partial charge in [0, 0.05) is 35.2 Å². The summed E-state index contributed by atoms with van der Waals surface area (Å²) in [6.45, 7) is -0.0511. The van der Waals surface area contributed by atoms with Gasteiger partial charge in [-0.3, -0.25) is 4.79 Å². The third-order valence-electron chi connectivity index (χ3n) is 4.75. The molecule has 0 aliphatic rings. The van der Waals surface area contributed by atoms with Crippen LogP contribution in [-0.4, -0.2) is 41.9 Å². The summed E-state index contributed by atoms with van der Waals surface area (Å²) in [4.78, 5) is 32.3. The number of anilines is 2. The topological polar surface area (TPSA) is 132 Å². The predicted octanol–water partition coefficient (Wildman–Crippen LogP) is 2.66. The second kappa shape index (κ2) is 9.09. The van der Waals surface area contributed by atoms with Crippen LogP contribution in [0.2, 0.25) is 0 Å². The smallest absolute Gasteiger partial charge is 0.340 e. The highest BCUT2D eigenvalue weighted by atomic mass is 32.2. The fourth-order valence-corrected chi connectivity index (χ4v) is 4.21. The monoisotopic (exact) mass is 465 g/mol. The van der Waals surface area contributed by atoms with Crippen LogP contribution in [0.25, 0.3) is 10.9 Å². The summed E-state index contributed by atoms with van der Waals surface area (Å²) in [7, 11) is -2.58. The lowest BCUT2D eigenvalue weighted by molar-refractivity contribution is -0.116. The number of fused-ring (bicyclic) bond motifs is 1. The fraction of sp³-hybridized carbons (Fsp3) is 0.0909. The van der Waals surface area contributed by atoms with Crippen LogP contribution in [0.4, 0.5) is 11.6 Å². The minimum Gasteiger partial charge on any atom is -0.465 e. The molecule has 1 amide bonds. The van der Waals surface area contributed by atoms with E-state index in [4.69, 9.17) is 4.74 Å². The minimum absolute atomic E-state index is 0.00734. The summed E-state index contributed by atoms with van der Waals surface area (Å²) < 4.78 is 33.7. The van der Waals surface area contributed by atoms with E-state index in [0.717, 1.165) is 0 Å². The normalized spacial score (nSPS) is 11.2. The van der Waals surface area contributed by atoms with Gasteiger partial charge in [0.1, 0.15) is 6.54 Å². The van der Waals surface area contributed by atoms with Gasteiger partial charge in [-0.2, -0.15) is 0 Å². The Labute approximate surface area is 189 Å². The van der Waals surface area contributed by atoms with Gasteiger partial charge in [0.15, 0.2) is 0 Å². The standard InChI is InChI=1S/C22H19N5O5S/c1-32-21(29)18-13-27(19-6-3-2-5-17(18)19)14-20(28)25-15-7-9-16(10-8-15)33(30,31)26-22-23-11-4-12-24-22/h2-13H,14H2,1H3,(H,25,28)(H,23,24,26). The molecule has 2 aromatic carbocycles. The summed E-state index contributed by atoms with van der Waals surface area (Å²) in [5, 5.41) is 3.40. The molecule has 10 nitrogen and oxygen atoms in total. The number of methoxy groups -OCH3 is 1. The van der Waals surface area contributed by atoms with Gasteiger partial charge in [-0.1, -0.05) is 18.2 Å². The molecular formula is C22H19N5O5S. The van der Waals surface area contributed by atoms with Crippen LogP contribution in [0, 0.1) is 0 Å². The van der Waals surface area contributed by atoms with E-state index < -0.39 is 16.0 Å². The fourth-order valence-electron chi connectivity index (χ4n) is 3.25. The van der Waals surface area contributed by atoms with Crippen LogP contribution >= 0.6 is 0 Å². The number of benzene rings is 2. The van der Waals surface area contributed by atoms with E-state index in [9.17, 15) is 18.0 Å². The molecule has 0 unspecified atom stereocenters. The van der Waals surface area contributed by atoms with Gasteiger partial charge in [-0.15, -0.1) is 0 Å². The van der Waals surface area contributed by atoms with E-state index >= 15 is 0 Å². The first-order chi connectivity index (χ1) is 15.9. The number of carbonyl (C=O) groups excluding carboxylic acids is 2. The van der Waals surface area contributed by atoms with Gasteiger partial charge in [-0.25, -0.2) is 27.9 Å². The third-order valence-corrected chi connectivity index (χ3v) is 6.09. The molecule has 0 spiro atoms. The highest BCUT2D eigenvalue weighted by Crippen LogP contribution is 2.22. The number of aromatic nitrogens is 3. The van der Waals surface area contributed by atoms with Crippen LogP contribution in [0.15, 0.2) is 78.1 Å². The van der Waals surface area contributed by atoms with Crippen molar-refractivity contribution >= 4 is 44.4 Å². The van der Waals surface area contributed by atoms with Crippen LogP contribution in [0.5, 0.6) is 0 Å². The van der Waals surface area contributed by atoms with Gasteiger partial charge in [0.25, 0.3) is 10.0 Å². The number of hydrogen-bond donors (Lipinski definition) is 2. The van der Waals surface area contributed by atoms with E-state index in [-0.39, 0.29) is 23.3 Å². The second-order valence-corrected chi connectivity index (χ2v) is 8.61. The molecule has 0 aliphatic carbocycles. The third kappa shape index (κ3) is 4.83. The SMILES string of the molecule is COC(=O)c1cn(CC(=O)Nc2ccc(S(=O)(=O)Nc3ncccn3)cc2)c2ccccc12. The van der Waals surface area contributed by atoms with Crippen molar-refractivity contribution in [3.05, 3.63) is 78.8 Å². The van der Waals surface area contributed by atoms with E-state index in [2.05, 4.69) is 20.0 Å². The average molecular weight is 465 g/mol. The number of carbonyl (C=O) groups is 2. The molecule has 0 fully saturated rings. The first-order valence-electron chi connectivity index (χ1n) is 9.73. The number of rotatable bonds is 7. The zero-order valence-corrected chi connectivity index (χ0v) is 18.2. The number of esters is 1. The molecular weight excluding hydrogens is 446 g/mol. The molecule has 4 aromatic rings. The van der Waals surface area contributed by atoms with Crippen molar-refractivity contribution in [1.29, 1.82) is 0 Å². The maximum atomic E-state index is 12.6. The molecule has 0 atom stereocenters. The first-order valence-corrected chi connectivity index (χ1v) is 11.2. The number of ether oxygens (including phenoxy) is 1. The van der Waals surface area contributed by atoms with Gasteiger partial charge in [-0.05, 0) is 36.4 Å². The molecule has 2 N–H and O–H groups in total. The molecule has 33 heavy (non-hydrogen) atoms. The summed E-state index contributed by atoms with van der Waals surface area (Å²) in [5.74, 6) is -0.879. The lowest BCUT2D eigenvalue weighted by Crippen LogP contribution is -2.18. The van der Waals surface area contributed by atoms with Gasteiger partial charge in [0.05, 0.1) is 17.6 Å². The maximum absolute atomic E-state index is 12.6. The van der Waals surface area contributed by atoms with E-state index in [0.29, 0.717) is 22.2 Å². The summed E-state index contributed by atoms with van der Waals surface area (Å²) >= 11 is 0. The van der Waals surface area contributed by atoms with Gasteiger partial charge < -0.3 is 14.6 Å². The number of nitrogens with zero attached hydrogens (tertiary/aromatic N) is 3. The average Bonchev–Trinajstić information content (AvgIpc) is 3.17. The summed E-state index contributed by atoms with van der Waals surface area (Å²) in [6.07, 6.45) is 4.42. The van der Waals surface area contributed by atoms with Crippen LogP contribution in [0.1, 0.15) is 10.4 Å². The molecule has 4 rings (SSSR count). The Morgan fingerprint density at radius 1 is 1.00 bits per heavy atom. The van der Waals surface area contributed by atoms with Gasteiger partial charge in [0.2, 0.25) is 11.9 Å². The quantitative estimate of drug-likeness (QED) is 0.401. The van der Waals surface area contributed by atoms with E-state index in [1.165, 1.54) is 43.8 Å². The van der Waals surface area contributed by atoms with E-state index in [1.54, 1.807) is 35.0 Å². The van der Waals surface area contributed by atoms with Crippen molar-refractivity contribution in [1.82, 2.24) is 14.5 Å². The molecule has 0 saturated heterocycles. The van der Waals surface area contributed by atoms with Gasteiger partial charge >= 0.3 is 5.97 Å². The van der Waals surface area contributed by atoms with Crippen molar-refractivity contribution in [2.24, 2.45) is 0 Å². The highest BCUT2D eigenvalue weighted by molar-refractivity contribution is 7.92. The number of nitrogens with one attached hydrogen (secondary N) is 2. The Balaban J connectivity index is 1.47. The second-order valence-electron chi connectivity index (χ2n) is 6.93. The Bertz CT molecular complexity index is 1420. The number of hydrogen-bond acceptors (Lipinski definition) is 7. The number of sulfonamides is 1. The minimum atomic E-state index is -3.87. The molecule has 0 aliphatic heterocycles. The van der Waals surface area contributed by atoms with Crippen molar-refractivity contribution in [2.75, 3.05) is 17.1 Å². The summed E-state index contributed by atoms with van der Waals surface area (Å²) in [6, 6.07) is 14.4. The first kappa shape index (κ1) is 22.0. The van der Waals surface area contributed by atoms with Crippen molar-refractivity contribution in [3.63, 3.8) is 0 Å². The Morgan fingerprint density at radius 2 is 1.70 bits per heavy atom. The molecule has 0 bridgehead atoms. The largest absolute Gasteiger partial charge is 0.465 e. The van der Waals surface area contributed by atoms with Crippen molar-refractivity contribution in [2.45, 2.75) is 11.4 Å². The van der Waals surface area contributed by atoms with Crippen LogP contribution < -0.4 is 10.0 Å². The van der Waals surface area contributed by atoms with E-state index in [1.807, 2.05) is 6.07 Å². The van der Waals surface area contributed by atoms with Crippen molar-refractivity contribution in [3.8, 4) is 0 Å². The molecule has 0 radical (unpaired) electrons.